The molecule has 0 spiro atoms. The molecule has 1 aliphatic rings. The Labute approximate surface area is 116 Å². The molecule has 0 bridgehead atoms. The molecular formula is C12H20N4O4. The van der Waals surface area contributed by atoms with Gasteiger partial charge in [0.15, 0.2) is 5.82 Å². The van der Waals surface area contributed by atoms with E-state index in [9.17, 15) is 9.59 Å². The molecule has 0 fully saturated rings. The summed E-state index contributed by atoms with van der Waals surface area (Å²) in [6.45, 7) is 5.05. The summed E-state index contributed by atoms with van der Waals surface area (Å²) in [5, 5.41) is 13.4. The number of hydrogen-bond acceptors (Lipinski definition) is 6. The van der Waals surface area contributed by atoms with E-state index in [1.54, 1.807) is 0 Å². The smallest absolute Gasteiger partial charge is 0.332 e. The van der Waals surface area contributed by atoms with E-state index in [0.29, 0.717) is 37.7 Å². The van der Waals surface area contributed by atoms with E-state index in [1.807, 2.05) is 13.8 Å². The van der Waals surface area contributed by atoms with Crippen molar-refractivity contribution in [3.8, 4) is 0 Å². The molecule has 0 aromatic carbocycles. The largest absolute Gasteiger partial charge is 0.396 e. The van der Waals surface area contributed by atoms with Gasteiger partial charge in [0.25, 0.3) is 5.56 Å². The summed E-state index contributed by atoms with van der Waals surface area (Å²) in [5.74, 6) is 0.476. The van der Waals surface area contributed by atoms with Crippen LogP contribution in [0.5, 0.6) is 0 Å². The first-order valence-corrected chi connectivity index (χ1v) is 6.78. The van der Waals surface area contributed by atoms with Crippen LogP contribution in [0.2, 0.25) is 0 Å². The maximum Gasteiger partial charge on any atom is 0.332 e. The van der Waals surface area contributed by atoms with E-state index in [-0.39, 0.29) is 24.4 Å². The van der Waals surface area contributed by atoms with Crippen LogP contribution in [0.25, 0.3) is 0 Å². The molecule has 8 nitrogen and oxygen atoms in total. The Morgan fingerprint density at radius 1 is 1.30 bits per heavy atom. The summed E-state index contributed by atoms with van der Waals surface area (Å²) < 4.78 is 2.66. The van der Waals surface area contributed by atoms with Crippen LogP contribution in [-0.4, -0.2) is 34.1 Å². The van der Waals surface area contributed by atoms with Gasteiger partial charge in [0.05, 0.1) is 6.61 Å². The Morgan fingerprint density at radius 3 is 2.65 bits per heavy atom. The third-order valence-corrected chi connectivity index (χ3v) is 3.18. The molecule has 20 heavy (non-hydrogen) atoms. The standard InChI is InChI=1S/C12H20N4O4/c1-3-14-10-9(13-8-16(10)20-4-2)11(18)15(12(14)19)6-5-7-17/h13,17H,3-8H2,1-2H3. The average molecular weight is 284 g/mol. The van der Waals surface area contributed by atoms with Gasteiger partial charge in [-0.1, -0.05) is 0 Å². The van der Waals surface area contributed by atoms with E-state index < -0.39 is 0 Å². The van der Waals surface area contributed by atoms with Crippen molar-refractivity contribution in [2.45, 2.75) is 33.4 Å². The summed E-state index contributed by atoms with van der Waals surface area (Å²) in [5.41, 5.74) is -0.374. The third-order valence-electron chi connectivity index (χ3n) is 3.18. The molecule has 1 aromatic rings. The fourth-order valence-corrected chi connectivity index (χ4v) is 2.30. The number of nitrogens with zero attached hydrogens (tertiary/aromatic N) is 3. The van der Waals surface area contributed by atoms with E-state index in [2.05, 4.69) is 5.32 Å². The molecule has 8 heteroatoms. The minimum atomic E-state index is -0.377. The van der Waals surface area contributed by atoms with Gasteiger partial charge in [-0.25, -0.2) is 9.86 Å². The molecule has 0 saturated carbocycles. The molecule has 2 rings (SSSR count). The Bertz CT molecular complexity index is 592. The Balaban J connectivity index is 2.58. The lowest BCUT2D eigenvalue weighted by molar-refractivity contribution is 0.124. The Hall–Kier alpha value is -1.80. The predicted octanol–water partition coefficient (Wildman–Crippen LogP) is -0.447. The van der Waals surface area contributed by atoms with Gasteiger partial charge in [0, 0.05) is 19.7 Å². The first-order valence-electron chi connectivity index (χ1n) is 6.78. The number of aromatic nitrogens is 2. The molecule has 0 atom stereocenters. The van der Waals surface area contributed by atoms with Crippen LogP contribution in [0.1, 0.15) is 20.3 Å². The highest BCUT2D eigenvalue weighted by atomic mass is 16.7. The molecular weight excluding hydrogens is 264 g/mol. The monoisotopic (exact) mass is 284 g/mol. The van der Waals surface area contributed by atoms with E-state index in [1.165, 1.54) is 9.63 Å². The third kappa shape index (κ3) is 2.32. The fourth-order valence-electron chi connectivity index (χ4n) is 2.30. The lowest BCUT2D eigenvalue weighted by Gasteiger charge is -2.20. The highest BCUT2D eigenvalue weighted by Gasteiger charge is 2.28. The number of aliphatic hydroxyl groups excluding tert-OH is 1. The topological polar surface area (TPSA) is 88.7 Å². The Morgan fingerprint density at radius 2 is 2.05 bits per heavy atom. The zero-order chi connectivity index (χ0) is 14.7. The van der Waals surface area contributed by atoms with Gasteiger partial charge >= 0.3 is 5.69 Å². The van der Waals surface area contributed by atoms with Crippen molar-refractivity contribution < 1.29 is 9.94 Å². The zero-order valence-corrected chi connectivity index (χ0v) is 11.8. The van der Waals surface area contributed by atoms with Crippen molar-refractivity contribution in [2.75, 3.05) is 30.3 Å². The molecule has 1 aromatic heterocycles. The van der Waals surface area contributed by atoms with Crippen molar-refractivity contribution in [3.05, 3.63) is 20.8 Å². The molecule has 0 unspecified atom stereocenters. The molecule has 0 saturated heterocycles. The van der Waals surface area contributed by atoms with E-state index in [0.717, 1.165) is 4.57 Å². The minimum Gasteiger partial charge on any atom is -0.396 e. The fraction of sp³-hybridized carbons (Fsp3) is 0.667. The normalized spacial score (nSPS) is 13.4. The molecule has 112 valence electrons. The second-order valence-corrected chi connectivity index (χ2v) is 4.39. The van der Waals surface area contributed by atoms with Gasteiger partial charge in [-0.3, -0.25) is 18.8 Å². The molecule has 0 radical (unpaired) electrons. The van der Waals surface area contributed by atoms with Crippen molar-refractivity contribution in [1.82, 2.24) is 9.13 Å². The number of hydroxylamine groups is 1. The van der Waals surface area contributed by atoms with Gasteiger partial charge in [0.2, 0.25) is 0 Å². The molecule has 0 aliphatic carbocycles. The summed E-state index contributed by atoms with van der Waals surface area (Å²) in [6.07, 6.45) is 0.368. The number of hydrogen-bond donors (Lipinski definition) is 2. The highest BCUT2D eigenvalue weighted by Crippen LogP contribution is 2.26. The number of anilines is 2. The summed E-state index contributed by atoms with van der Waals surface area (Å²) >= 11 is 0. The maximum absolute atomic E-state index is 12.4. The molecule has 2 N–H and O–H groups in total. The van der Waals surface area contributed by atoms with Crippen molar-refractivity contribution >= 4 is 11.5 Å². The van der Waals surface area contributed by atoms with Crippen LogP contribution in [-0.2, 0) is 17.9 Å². The van der Waals surface area contributed by atoms with Crippen LogP contribution >= 0.6 is 0 Å². The number of rotatable bonds is 6. The van der Waals surface area contributed by atoms with Gasteiger partial charge < -0.3 is 10.4 Å². The van der Waals surface area contributed by atoms with Crippen LogP contribution < -0.4 is 21.6 Å². The van der Waals surface area contributed by atoms with Gasteiger partial charge in [-0.05, 0) is 20.3 Å². The van der Waals surface area contributed by atoms with Gasteiger partial charge in [0.1, 0.15) is 12.4 Å². The van der Waals surface area contributed by atoms with Crippen molar-refractivity contribution in [1.29, 1.82) is 0 Å². The number of nitrogens with one attached hydrogen (secondary N) is 1. The molecule has 1 aliphatic heterocycles. The zero-order valence-electron chi connectivity index (χ0n) is 11.8. The minimum absolute atomic E-state index is 0.0619. The molecule has 0 amide bonds. The average Bonchev–Trinajstić information content (AvgIpc) is 2.84. The van der Waals surface area contributed by atoms with E-state index >= 15 is 0 Å². The van der Waals surface area contributed by atoms with Gasteiger partial charge in [-0.15, -0.1) is 0 Å². The predicted molar refractivity (Wildman–Crippen MR) is 74.9 cm³/mol. The van der Waals surface area contributed by atoms with Crippen molar-refractivity contribution in [2.24, 2.45) is 0 Å². The first kappa shape index (κ1) is 14.6. The number of fused-ring (bicyclic) bond motifs is 1. The lowest BCUT2D eigenvalue weighted by atomic mass is 10.4. The summed E-state index contributed by atoms with van der Waals surface area (Å²) in [6, 6.07) is 0. The highest BCUT2D eigenvalue weighted by molar-refractivity contribution is 5.68. The molecule has 2 heterocycles. The maximum atomic E-state index is 12.4. The lowest BCUT2D eigenvalue weighted by Crippen LogP contribution is -2.41. The van der Waals surface area contributed by atoms with Crippen molar-refractivity contribution in [3.63, 3.8) is 0 Å². The number of aliphatic hydroxyl groups is 1. The second kappa shape index (κ2) is 6.10. The Kier molecular flexibility index (Phi) is 4.46. The first-order chi connectivity index (χ1) is 9.65. The summed E-state index contributed by atoms with van der Waals surface area (Å²) in [7, 11) is 0. The van der Waals surface area contributed by atoms with Gasteiger partial charge in [-0.2, -0.15) is 0 Å². The SMILES string of the molecule is CCON1CNc2c1n(CC)c(=O)n(CCCO)c2=O. The quantitative estimate of drug-likeness (QED) is 0.736. The second-order valence-electron chi connectivity index (χ2n) is 4.39. The van der Waals surface area contributed by atoms with Crippen LogP contribution in [0, 0.1) is 0 Å². The van der Waals surface area contributed by atoms with E-state index in [4.69, 9.17) is 9.94 Å². The van der Waals surface area contributed by atoms with Crippen LogP contribution in [0.4, 0.5) is 11.5 Å². The summed E-state index contributed by atoms with van der Waals surface area (Å²) in [4.78, 5) is 30.1. The van der Waals surface area contributed by atoms with Crippen LogP contribution in [0.15, 0.2) is 9.59 Å². The van der Waals surface area contributed by atoms with Crippen LogP contribution in [0.3, 0.4) is 0 Å².